The summed E-state index contributed by atoms with van der Waals surface area (Å²) in [6.07, 6.45) is 0. The fourth-order valence-electron chi connectivity index (χ4n) is 2.03. The maximum absolute atomic E-state index is 12.9. The van der Waals surface area contributed by atoms with Gasteiger partial charge in [-0.3, -0.25) is 0 Å². The maximum Gasteiger partial charge on any atom is 0.162 e. The van der Waals surface area contributed by atoms with Gasteiger partial charge in [-0.05, 0) is 49.4 Å². The van der Waals surface area contributed by atoms with E-state index in [1.165, 1.54) is 12.1 Å². The number of ether oxygens (including phenoxy) is 2. The van der Waals surface area contributed by atoms with Gasteiger partial charge in [-0.2, -0.15) is 0 Å². The molecule has 0 heterocycles. The standard InChI is InChI=1S/C17H19BrFNO2/c1-3-21-16-8-13(10-20-2)15(18)9-17(16)22-11-12-4-6-14(19)7-5-12/h4-9,20H,3,10-11H2,1-2H3. The minimum absolute atomic E-state index is 0.252. The highest BCUT2D eigenvalue weighted by Gasteiger charge is 2.11. The number of hydrogen-bond donors (Lipinski definition) is 1. The molecule has 0 bridgehead atoms. The monoisotopic (exact) mass is 367 g/mol. The first-order chi connectivity index (χ1) is 10.6. The minimum atomic E-state index is -0.252. The summed E-state index contributed by atoms with van der Waals surface area (Å²) in [7, 11) is 1.89. The van der Waals surface area contributed by atoms with Crippen molar-refractivity contribution in [3.8, 4) is 11.5 Å². The van der Waals surface area contributed by atoms with Crippen molar-refractivity contribution in [1.29, 1.82) is 0 Å². The predicted octanol–water partition coefficient (Wildman–Crippen LogP) is 4.29. The molecule has 5 heteroatoms. The van der Waals surface area contributed by atoms with Crippen LogP contribution in [0, 0.1) is 5.82 Å². The highest BCUT2D eigenvalue weighted by molar-refractivity contribution is 9.10. The third-order valence-corrected chi connectivity index (χ3v) is 3.83. The highest BCUT2D eigenvalue weighted by atomic mass is 79.9. The second kappa shape index (κ2) is 8.15. The molecule has 0 aliphatic carbocycles. The van der Waals surface area contributed by atoms with E-state index in [1.54, 1.807) is 12.1 Å². The van der Waals surface area contributed by atoms with Gasteiger partial charge in [0.1, 0.15) is 12.4 Å². The van der Waals surface area contributed by atoms with Crippen LogP contribution < -0.4 is 14.8 Å². The topological polar surface area (TPSA) is 30.5 Å². The van der Waals surface area contributed by atoms with E-state index in [2.05, 4.69) is 21.2 Å². The first kappa shape index (κ1) is 16.8. The van der Waals surface area contributed by atoms with Crippen molar-refractivity contribution >= 4 is 15.9 Å². The molecule has 1 N–H and O–H groups in total. The molecule has 0 saturated heterocycles. The van der Waals surface area contributed by atoms with Gasteiger partial charge in [-0.15, -0.1) is 0 Å². The van der Waals surface area contributed by atoms with Crippen molar-refractivity contribution < 1.29 is 13.9 Å². The molecular formula is C17H19BrFNO2. The van der Waals surface area contributed by atoms with Crippen molar-refractivity contribution in [2.45, 2.75) is 20.1 Å². The molecule has 2 aromatic carbocycles. The molecule has 0 aromatic heterocycles. The molecule has 2 aromatic rings. The summed E-state index contributed by atoms with van der Waals surface area (Å²) in [5, 5.41) is 3.11. The third-order valence-electron chi connectivity index (χ3n) is 3.09. The summed E-state index contributed by atoms with van der Waals surface area (Å²) in [5.74, 6) is 1.12. The Labute approximate surface area is 138 Å². The molecule has 0 aliphatic heterocycles. The van der Waals surface area contributed by atoms with Crippen molar-refractivity contribution in [1.82, 2.24) is 5.32 Å². The average Bonchev–Trinajstić information content (AvgIpc) is 2.51. The lowest BCUT2D eigenvalue weighted by atomic mass is 10.2. The summed E-state index contributed by atoms with van der Waals surface area (Å²) < 4.78 is 25.4. The van der Waals surface area contributed by atoms with Crippen LogP contribution in [0.3, 0.4) is 0 Å². The Morgan fingerprint density at radius 2 is 1.77 bits per heavy atom. The Kier molecular flexibility index (Phi) is 6.21. The van der Waals surface area contributed by atoms with E-state index in [-0.39, 0.29) is 5.82 Å². The third kappa shape index (κ3) is 4.45. The van der Waals surface area contributed by atoms with Gasteiger partial charge in [0, 0.05) is 11.0 Å². The Morgan fingerprint density at radius 3 is 2.41 bits per heavy atom. The van der Waals surface area contributed by atoms with Crippen molar-refractivity contribution in [2.75, 3.05) is 13.7 Å². The van der Waals surface area contributed by atoms with Crippen LogP contribution in [0.4, 0.5) is 4.39 Å². The number of benzene rings is 2. The molecule has 22 heavy (non-hydrogen) atoms. The molecule has 0 spiro atoms. The van der Waals surface area contributed by atoms with E-state index >= 15 is 0 Å². The van der Waals surface area contributed by atoms with Gasteiger partial charge < -0.3 is 14.8 Å². The summed E-state index contributed by atoms with van der Waals surface area (Å²) in [6.45, 7) is 3.59. The Morgan fingerprint density at radius 1 is 1.09 bits per heavy atom. The summed E-state index contributed by atoms with van der Waals surface area (Å²) in [5.41, 5.74) is 2.00. The SMILES string of the molecule is CCOc1cc(CNC)c(Br)cc1OCc1ccc(F)cc1. The molecule has 3 nitrogen and oxygen atoms in total. The first-order valence-electron chi connectivity index (χ1n) is 7.11. The Hall–Kier alpha value is -1.59. The molecule has 0 fully saturated rings. The lowest BCUT2D eigenvalue weighted by molar-refractivity contribution is 0.268. The van der Waals surface area contributed by atoms with E-state index in [0.717, 1.165) is 22.1 Å². The van der Waals surface area contributed by atoms with Gasteiger partial charge in [0.25, 0.3) is 0 Å². The van der Waals surface area contributed by atoms with Crippen LogP contribution in [0.25, 0.3) is 0 Å². The van der Waals surface area contributed by atoms with Crippen LogP contribution in [0.2, 0.25) is 0 Å². The molecule has 2 rings (SSSR count). The lowest BCUT2D eigenvalue weighted by Crippen LogP contribution is -2.07. The quantitative estimate of drug-likeness (QED) is 0.791. The maximum atomic E-state index is 12.9. The van der Waals surface area contributed by atoms with Crippen molar-refractivity contribution in [2.24, 2.45) is 0 Å². The van der Waals surface area contributed by atoms with E-state index in [9.17, 15) is 4.39 Å². The van der Waals surface area contributed by atoms with Crippen LogP contribution in [0.5, 0.6) is 11.5 Å². The van der Waals surface area contributed by atoms with Crippen molar-refractivity contribution in [3.63, 3.8) is 0 Å². The number of halogens is 2. The Bertz CT molecular complexity index is 617. The van der Waals surface area contributed by atoms with Crippen molar-refractivity contribution in [3.05, 3.63) is 57.8 Å². The van der Waals surface area contributed by atoms with Gasteiger partial charge >= 0.3 is 0 Å². The van der Waals surface area contributed by atoms with E-state index < -0.39 is 0 Å². The highest BCUT2D eigenvalue weighted by Crippen LogP contribution is 2.34. The van der Waals surface area contributed by atoms with E-state index in [1.807, 2.05) is 26.1 Å². The first-order valence-corrected chi connectivity index (χ1v) is 7.90. The zero-order valence-corrected chi connectivity index (χ0v) is 14.2. The van der Waals surface area contributed by atoms with E-state index in [4.69, 9.17) is 9.47 Å². The molecular weight excluding hydrogens is 349 g/mol. The molecule has 0 saturated carbocycles. The second-order valence-electron chi connectivity index (χ2n) is 4.77. The van der Waals surface area contributed by atoms with Gasteiger partial charge in [0.15, 0.2) is 11.5 Å². The molecule has 0 aliphatic rings. The zero-order valence-electron chi connectivity index (χ0n) is 12.7. The molecule has 0 radical (unpaired) electrons. The summed E-state index contributed by atoms with van der Waals surface area (Å²) >= 11 is 3.54. The normalized spacial score (nSPS) is 10.5. The summed E-state index contributed by atoms with van der Waals surface area (Å²) in [4.78, 5) is 0. The largest absolute Gasteiger partial charge is 0.490 e. The van der Waals surface area contributed by atoms with Gasteiger partial charge in [-0.1, -0.05) is 28.1 Å². The van der Waals surface area contributed by atoms with Crippen LogP contribution >= 0.6 is 15.9 Å². The zero-order chi connectivity index (χ0) is 15.9. The molecule has 0 atom stereocenters. The molecule has 118 valence electrons. The number of hydrogen-bond acceptors (Lipinski definition) is 3. The number of nitrogens with one attached hydrogen (secondary N) is 1. The van der Waals surface area contributed by atoms with Crippen LogP contribution in [-0.2, 0) is 13.2 Å². The predicted molar refractivity (Wildman–Crippen MR) is 88.8 cm³/mol. The molecule has 0 unspecified atom stereocenters. The van der Waals surface area contributed by atoms with Crippen LogP contribution in [0.1, 0.15) is 18.1 Å². The second-order valence-corrected chi connectivity index (χ2v) is 5.62. The van der Waals surface area contributed by atoms with Gasteiger partial charge in [-0.25, -0.2) is 4.39 Å². The van der Waals surface area contributed by atoms with Gasteiger partial charge in [0.2, 0.25) is 0 Å². The fourth-order valence-corrected chi connectivity index (χ4v) is 2.49. The van der Waals surface area contributed by atoms with E-state index in [0.29, 0.717) is 24.7 Å². The van der Waals surface area contributed by atoms with Gasteiger partial charge in [0.05, 0.1) is 6.61 Å². The average molecular weight is 368 g/mol. The van der Waals surface area contributed by atoms with Crippen LogP contribution in [-0.4, -0.2) is 13.7 Å². The number of rotatable bonds is 7. The minimum Gasteiger partial charge on any atom is -0.490 e. The summed E-state index contributed by atoms with van der Waals surface area (Å²) in [6, 6.07) is 10.1. The lowest BCUT2D eigenvalue weighted by Gasteiger charge is -2.15. The van der Waals surface area contributed by atoms with Crippen LogP contribution in [0.15, 0.2) is 40.9 Å². The Balaban J connectivity index is 2.17. The fraction of sp³-hybridized carbons (Fsp3) is 0.294. The molecule has 0 amide bonds. The smallest absolute Gasteiger partial charge is 0.162 e.